The van der Waals surface area contributed by atoms with Crippen LogP contribution in [0.3, 0.4) is 0 Å². The fraction of sp³-hybridized carbons (Fsp3) is 0.630. The van der Waals surface area contributed by atoms with Gasteiger partial charge in [0, 0.05) is 54.9 Å². The van der Waals surface area contributed by atoms with E-state index in [1.807, 2.05) is 4.73 Å². The third kappa shape index (κ3) is 4.00. The van der Waals surface area contributed by atoms with E-state index >= 15 is 0 Å². The number of nitrogens with zero attached hydrogens (tertiary/aromatic N) is 2. The van der Waals surface area contributed by atoms with Crippen LogP contribution < -0.4 is 9.57 Å². The summed E-state index contributed by atoms with van der Waals surface area (Å²) in [6, 6.07) is 2.45. The molecule has 1 saturated heterocycles. The highest BCUT2D eigenvalue weighted by atomic mass is 19.4. The van der Waals surface area contributed by atoms with Crippen LogP contribution in [0.15, 0.2) is 18.3 Å². The summed E-state index contributed by atoms with van der Waals surface area (Å²) in [7, 11) is 1.61. The predicted octanol–water partition coefficient (Wildman–Crippen LogP) is 4.70. The first-order valence-electron chi connectivity index (χ1n) is 12.5. The van der Waals surface area contributed by atoms with E-state index in [2.05, 4.69) is 32.7 Å². The van der Waals surface area contributed by atoms with Gasteiger partial charge >= 0.3 is 6.18 Å². The van der Waals surface area contributed by atoms with E-state index in [-0.39, 0.29) is 11.3 Å². The van der Waals surface area contributed by atoms with Gasteiger partial charge in [0.15, 0.2) is 0 Å². The van der Waals surface area contributed by atoms with Crippen molar-refractivity contribution in [3.63, 3.8) is 0 Å². The van der Waals surface area contributed by atoms with Crippen LogP contribution in [0.5, 0.6) is 0 Å². The summed E-state index contributed by atoms with van der Waals surface area (Å²) in [6.45, 7) is 9.40. The molecule has 5 rings (SSSR count). The Morgan fingerprint density at radius 1 is 1.17 bits per heavy atom. The van der Waals surface area contributed by atoms with Crippen LogP contribution in [0.1, 0.15) is 104 Å². The molecule has 0 aromatic carbocycles. The van der Waals surface area contributed by atoms with Crippen molar-refractivity contribution in [2.24, 2.45) is 5.41 Å². The zero-order chi connectivity index (χ0) is 26.0. The second-order valence-corrected chi connectivity index (χ2v) is 11.3. The minimum Gasteiger partial charge on any atom is -0.388 e. The van der Waals surface area contributed by atoms with Crippen LogP contribution in [-0.2, 0) is 27.7 Å². The molecule has 1 aliphatic carbocycles. The van der Waals surface area contributed by atoms with Crippen LogP contribution in [0.2, 0.25) is 0 Å². The number of hydrogen-bond acceptors (Lipinski definition) is 5. The molecule has 6 nitrogen and oxygen atoms in total. The average Bonchev–Trinajstić information content (AvgIpc) is 3.10. The molecule has 3 aliphatic rings. The average molecular weight is 508 g/mol. The van der Waals surface area contributed by atoms with Crippen molar-refractivity contribution in [2.45, 2.75) is 83.3 Å². The summed E-state index contributed by atoms with van der Waals surface area (Å²) in [6.07, 6.45) is -2.53. The summed E-state index contributed by atoms with van der Waals surface area (Å²) in [5, 5.41) is 11.5. The molecule has 196 valence electrons. The minimum absolute atomic E-state index is 0.0155. The van der Waals surface area contributed by atoms with Gasteiger partial charge in [0.2, 0.25) is 11.4 Å². The van der Waals surface area contributed by atoms with Gasteiger partial charge in [-0.05, 0) is 24.0 Å². The van der Waals surface area contributed by atoms with Crippen molar-refractivity contribution in [3.8, 4) is 0 Å². The molecule has 1 spiro atoms. The summed E-state index contributed by atoms with van der Waals surface area (Å²) >= 11 is 0. The summed E-state index contributed by atoms with van der Waals surface area (Å²) in [4.78, 5) is 10.2. The Bertz CT molecular complexity index is 1160. The van der Waals surface area contributed by atoms with E-state index in [1.165, 1.54) is 6.07 Å². The van der Waals surface area contributed by atoms with Crippen LogP contribution in [0, 0.1) is 5.41 Å². The van der Waals surface area contributed by atoms with E-state index in [9.17, 15) is 18.3 Å². The first-order chi connectivity index (χ1) is 16.9. The van der Waals surface area contributed by atoms with Crippen molar-refractivity contribution < 1.29 is 37.3 Å². The molecule has 0 radical (unpaired) electrons. The van der Waals surface area contributed by atoms with Gasteiger partial charge in [0.1, 0.15) is 18.8 Å². The van der Waals surface area contributed by atoms with Gasteiger partial charge in [-0.1, -0.05) is 27.7 Å². The predicted molar refractivity (Wildman–Crippen MR) is 124 cm³/mol. The van der Waals surface area contributed by atoms with Gasteiger partial charge in [-0.2, -0.15) is 13.2 Å². The normalized spacial score (nSPS) is 24.6. The number of rotatable bonds is 3. The third-order valence-corrected chi connectivity index (χ3v) is 7.79. The van der Waals surface area contributed by atoms with Gasteiger partial charge in [-0.25, -0.2) is 0 Å². The quantitative estimate of drug-likeness (QED) is 0.611. The van der Waals surface area contributed by atoms with Crippen molar-refractivity contribution in [1.82, 2.24) is 4.98 Å². The summed E-state index contributed by atoms with van der Waals surface area (Å²) in [5.41, 5.74) is 3.20. The zero-order valence-corrected chi connectivity index (χ0v) is 21.4. The van der Waals surface area contributed by atoms with Gasteiger partial charge in [-0.3, -0.25) is 9.82 Å². The molecule has 0 saturated carbocycles. The lowest BCUT2D eigenvalue weighted by molar-refractivity contribution is -0.897. The first kappa shape index (κ1) is 25.4. The molecule has 2 atom stereocenters. The molecule has 1 N–H and O–H groups in total. The van der Waals surface area contributed by atoms with Crippen LogP contribution >= 0.6 is 0 Å². The maximum absolute atomic E-state index is 13.3. The first-order valence-corrected chi connectivity index (χ1v) is 12.5. The monoisotopic (exact) mass is 507 g/mol. The topological polar surface area (TPSA) is 64.7 Å². The number of aromatic nitrogens is 2. The standard InChI is InChI=1S/C27H34F3N2O4/c1-15(2)23-21-22(20-18(32(23)34-5)12-25(3,4)13-19(20)33)26(8-10-35-11-9-26)36-24(21)17-7-6-16(14-31-17)27(28,29)30/h6-7,14-15,19,24,33H,8-13H2,1-5H3/q+1. The van der Waals surface area contributed by atoms with E-state index < -0.39 is 29.5 Å². The maximum atomic E-state index is 13.3. The Balaban J connectivity index is 1.81. The van der Waals surface area contributed by atoms with Gasteiger partial charge in [0.25, 0.3) is 0 Å². The maximum Gasteiger partial charge on any atom is 0.417 e. The summed E-state index contributed by atoms with van der Waals surface area (Å²) in [5.74, 6) is 0.0155. The number of hydrogen-bond donors (Lipinski definition) is 1. The zero-order valence-electron chi connectivity index (χ0n) is 21.4. The highest BCUT2D eigenvalue weighted by Crippen LogP contribution is 2.57. The largest absolute Gasteiger partial charge is 0.417 e. The molecule has 2 unspecified atom stereocenters. The van der Waals surface area contributed by atoms with Crippen LogP contribution in [-0.4, -0.2) is 30.4 Å². The Kier molecular flexibility index (Phi) is 6.12. The van der Waals surface area contributed by atoms with Gasteiger partial charge in [-0.15, -0.1) is 0 Å². The Hall–Kier alpha value is -2.23. The smallest absolute Gasteiger partial charge is 0.388 e. The van der Waals surface area contributed by atoms with E-state index in [4.69, 9.17) is 14.3 Å². The van der Waals surface area contributed by atoms with E-state index in [0.717, 1.165) is 46.8 Å². The highest BCUT2D eigenvalue weighted by molar-refractivity contribution is 5.51. The molecule has 1 fully saturated rings. The number of fused-ring (bicyclic) bond motifs is 4. The van der Waals surface area contributed by atoms with E-state index in [1.54, 1.807) is 7.11 Å². The molecule has 2 aromatic heterocycles. The number of alkyl halides is 3. The van der Waals surface area contributed by atoms with Gasteiger partial charge in [0.05, 0.1) is 28.5 Å². The molecule has 2 aromatic rings. The number of aliphatic hydroxyl groups excluding tert-OH is 1. The fourth-order valence-electron chi connectivity index (χ4n) is 6.32. The molecular weight excluding hydrogens is 473 g/mol. The molecule has 0 amide bonds. The number of pyridine rings is 2. The molecule has 36 heavy (non-hydrogen) atoms. The van der Waals surface area contributed by atoms with Crippen molar-refractivity contribution >= 4 is 0 Å². The van der Waals surface area contributed by atoms with E-state index in [0.29, 0.717) is 38.2 Å². The van der Waals surface area contributed by atoms with Crippen LogP contribution in [0.4, 0.5) is 13.2 Å². The fourth-order valence-corrected chi connectivity index (χ4v) is 6.32. The lowest BCUT2D eigenvalue weighted by atomic mass is 9.70. The van der Waals surface area contributed by atoms with Gasteiger partial charge < -0.3 is 14.6 Å². The minimum atomic E-state index is -4.47. The van der Waals surface area contributed by atoms with Crippen molar-refractivity contribution in [3.05, 3.63) is 57.7 Å². The second-order valence-electron chi connectivity index (χ2n) is 11.3. The Labute approximate surface area is 209 Å². The second kappa shape index (κ2) is 8.67. The number of ether oxygens (including phenoxy) is 2. The van der Waals surface area contributed by atoms with Crippen molar-refractivity contribution in [1.29, 1.82) is 0 Å². The lowest BCUT2D eigenvalue weighted by Crippen LogP contribution is -2.54. The molecule has 4 heterocycles. The lowest BCUT2D eigenvalue weighted by Gasteiger charge is -2.38. The molecule has 2 aliphatic heterocycles. The SMILES string of the molecule is CO[n+]1c2c(c3c(c1C(C)C)C(c1ccc(C(F)(F)F)cn1)OC31CCOCC1)C(O)CC(C)(C)C2. The molecular formula is C27H34F3N2O4+. The summed E-state index contributed by atoms with van der Waals surface area (Å²) < 4.78 is 54.1. The molecule has 9 heteroatoms. The Morgan fingerprint density at radius 2 is 1.86 bits per heavy atom. The highest BCUT2D eigenvalue weighted by Gasteiger charge is 2.56. The van der Waals surface area contributed by atoms with Crippen LogP contribution in [0.25, 0.3) is 0 Å². The van der Waals surface area contributed by atoms with Crippen molar-refractivity contribution in [2.75, 3.05) is 20.3 Å². The number of halogens is 3. The molecule has 0 bridgehead atoms. The third-order valence-electron chi connectivity index (χ3n) is 7.79. The Morgan fingerprint density at radius 3 is 2.42 bits per heavy atom. The number of aliphatic hydroxyl groups is 1.